The number of methoxy groups -OCH3 is 1. The van der Waals surface area contributed by atoms with Gasteiger partial charge in [-0.2, -0.15) is 4.98 Å². The molecule has 6 nitrogen and oxygen atoms in total. The fourth-order valence-electron chi connectivity index (χ4n) is 3.23. The van der Waals surface area contributed by atoms with Crippen LogP contribution in [0.3, 0.4) is 0 Å². The van der Waals surface area contributed by atoms with Crippen LogP contribution in [0.5, 0.6) is 5.75 Å². The number of halogens is 1. The van der Waals surface area contributed by atoms with Crippen molar-refractivity contribution < 1.29 is 22.0 Å². The van der Waals surface area contributed by atoms with Crippen molar-refractivity contribution in [3.63, 3.8) is 0 Å². The van der Waals surface area contributed by atoms with Gasteiger partial charge < -0.3 is 14.1 Å². The summed E-state index contributed by atoms with van der Waals surface area (Å²) in [6.45, 7) is 0.407. The number of rotatable bonds is 7. The number of sulfone groups is 1. The van der Waals surface area contributed by atoms with Crippen LogP contribution in [0.2, 0.25) is 0 Å². The molecule has 0 saturated carbocycles. The Bertz CT molecular complexity index is 1300. The van der Waals surface area contributed by atoms with Crippen LogP contribution in [-0.4, -0.2) is 27.6 Å². The minimum atomic E-state index is -4.06. The standard InChI is InChI=1S/C24H21FN2O4S/c1-27(16-17-6-4-3-5-7-17)24-23(32(28,29)21-14-10-19(25)11-15-21)26-22(31-24)18-8-12-20(30-2)13-9-18/h3-15H,16H2,1-2H3. The molecule has 0 bridgehead atoms. The van der Waals surface area contributed by atoms with E-state index in [1.54, 1.807) is 43.3 Å². The van der Waals surface area contributed by atoms with Crippen LogP contribution in [0.4, 0.5) is 10.3 Å². The Balaban J connectivity index is 1.80. The lowest BCUT2D eigenvalue weighted by Gasteiger charge is -2.17. The Morgan fingerprint density at radius 1 is 0.969 bits per heavy atom. The zero-order valence-electron chi connectivity index (χ0n) is 17.5. The van der Waals surface area contributed by atoms with Crippen molar-refractivity contribution in [1.29, 1.82) is 0 Å². The predicted octanol–water partition coefficient (Wildman–Crippen LogP) is 4.96. The van der Waals surface area contributed by atoms with Crippen molar-refractivity contribution >= 4 is 15.7 Å². The van der Waals surface area contributed by atoms with Crippen LogP contribution in [0, 0.1) is 5.82 Å². The Kier molecular flexibility index (Phi) is 5.96. The number of aromatic nitrogens is 1. The monoisotopic (exact) mass is 452 g/mol. The molecule has 0 N–H and O–H groups in total. The SMILES string of the molecule is COc1ccc(-c2nc(S(=O)(=O)c3ccc(F)cc3)c(N(C)Cc3ccccc3)o2)cc1. The summed E-state index contributed by atoms with van der Waals surface area (Å²) >= 11 is 0. The van der Waals surface area contributed by atoms with E-state index in [4.69, 9.17) is 9.15 Å². The first-order valence-corrected chi connectivity index (χ1v) is 11.3. The smallest absolute Gasteiger partial charge is 0.236 e. The number of nitrogens with zero attached hydrogens (tertiary/aromatic N) is 2. The fourth-order valence-corrected chi connectivity index (χ4v) is 4.57. The molecule has 0 aliphatic carbocycles. The van der Waals surface area contributed by atoms with Gasteiger partial charge in [0.1, 0.15) is 11.6 Å². The summed E-state index contributed by atoms with van der Waals surface area (Å²) in [5.74, 6) is 0.387. The highest BCUT2D eigenvalue weighted by atomic mass is 32.2. The van der Waals surface area contributed by atoms with Gasteiger partial charge in [-0.05, 0) is 54.1 Å². The topological polar surface area (TPSA) is 72.6 Å². The molecule has 0 spiro atoms. The molecule has 4 rings (SSSR count). The van der Waals surface area contributed by atoms with Crippen LogP contribution in [0.25, 0.3) is 11.5 Å². The molecule has 1 heterocycles. The van der Waals surface area contributed by atoms with Gasteiger partial charge in [0.25, 0.3) is 0 Å². The summed E-state index contributed by atoms with van der Waals surface area (Å²) in [5, 5.41) is -0.228. The zero-order chi connectivity index (χ0) is 22.7. The Labute approximate surface area is 185 Å². The van der Waals surface area contributed by atoms with E-state index < -0.39 is 15.7 Å². The van der Waals surface area contributed by atoms with Gasteiger partial charge in [0.2, 0.25) is 26.6 Å². The van der Waals surface area contributed by atoms with Gasteiger partial charge in [-0.1, -0.05) is 30.3 Å². The van der Waals surface area contributed by atoms with E-state index in [2.05, 4.69) is 4.98 Å². The number of hydrogen-bond acceptors (Lipinski definition) is 6. The Morgan fingerprint density at radius 3 is 2.25 bits per heavy atom. The van der Waals surface area contributed by atoms with Crippen molar-refractivity contribution in [2.75, 3.05) is 19.1 Å². The molecular weight excluding hydrogens is 431 g/mol. The second-order valence-corrected chi connectivity index (χ2v) is 9.02. The van der Waals surface area contributed by atoms with Gasteiger partial charge >= 0.3 is 0 Å². The molecule has 0 unspecified atom stereocenters. The van der Waals surface area contributed by atoms with Crippen LogP contribution < -0.4 is 9.64 Å². The summed E-state index contributed by atoms with van der Waals surface area (Å²) < 4.78 is 51.3. The highest BCUT2D eigenvalue weighted by Gasteiger charge is 2.30. The summed E-state index contributed by atoms with van der Waals surface area (Å²) in [7, 11) is -0.771. The van der Waals surface area contributed by atoms with E-state index in [1.165, 1.54) is 12.1 Å². The Morgan fingerprint density at radius 2 is 1.62 bits per heavy atom. The summed E-state index contributed by atoms with van der Waals surface area (Å²) in [6.07, 6.45) is 0. The number of anilines is 1. The molecule has 0 amide bonds. The first-order valence-electron chi connectivity index (χ1n) is 9.79. The summed E-state index contributed by atoms with van der Waals surface area (Å²) in [5.41, 5.74) is 1.57. The molecule has 3 aromatic carbocycles. The number of oxazole rings is 1. The number of benzene rings is 3. The molecule has 0 saturated heterocycles. The number of hydrogen-bond donors (Lipinski definition) is 0. The summed E-state index contributed by atoms with van der Waals surface area (Å²) in [6, 6.07) is 21.2. The molecule has 164 valence electrons. The van der Waals surface area contributed by atoms with Crippen molar-refractivity contribution in [3.05, 3.63) is 90.2 Å². The quantitative estimate of drug-likeness (QED) is 0.369. The third-order valence-corrected chi connectivity index (χ3v) is 6.57. The maximum atomic E-state index is 13.4. The van der Waals surface area contributed by atoms with Crippen LogP contribution in [0.15, 0.2) is 93.2 Å². The first kappa shape index (κ1) is 21.6. The van der Waals surface area contributed by atoms with E-state index in [1.807, 2.05) is 30.3 Å². The maximum absolute atomic E-state index is 13.4. The maximum Gasteiger partial charge on any atom is 0.236 e. The molecular formula is C24H21FN2O4S. The van der Waals surface area contributed by atoms with Crippen LogP contribution in [-0.2, 0) is 16.4 Å². The van der Waals surface area contributed by atoms with Gasteiger partial charge in [-0.15, -0.1) is 0 Å². The second-order valence-electron chi connectivity index (χ2n) is 7.16. The van der Waals surface area contributed by atoms with Gasteiger partial charge in [-0.3, -0.25) is 0 Å². The lowest BCUT2D eigenvalue weighted by atomic mass is 10.2. The van der Waals surface area contributed by atoms with Crippen molar-refractivity contribution in [2.45, 2.75) is 16.5 Å². The molecule has 0 aliphatic heterocycles. The van der Waals surface area contributed by atoms with Crippen LogP contribution >= 0.6 is 0 Å². The van der Waals surface area contributed by atoms with E-state index in [0.717, 1.165) is 17.7 Å². The molecule has 0 radical (unpaired) electrons. The lowest BCUT2D eigenvalue weighted by molar-refractivity contribution is 0.415. The molecule has 0 fully saturated rings. The third-order valence-electron chi connectivity index (χ3n) is 4.90. The molecule has 4 aromatic rings. The highest BCUT2D eigenvalue weighted by Crippen LogP contribution is 2.35. The van der Waals surface area contributed by atoms with Crippen molar-refractivity contribution in [2.24, 2.45) is 0 Å². The van der Waals surface area contributed by atoms with Crippen LogP contribution in [0.1, 0.15) is 5.56 Å². The lowest BCUT2D eigenvalue weighted by Crippen LogP contribution is -2.18. The Hall–Kier alpha value is -3.65. The molecule has 0 aliphatic rings. The van der Waals surface area contributed by atoms with Crippen molar-refractivity contribution in [1.82, 2.24) is 4.98 Å². The van der Waals surface area contributed by atoms with Crippen molar-refractivity contribution in [3.8, 4) is 17.2 Å². The third kappa shape index (κ3) is 4.36. The van der Waals surface area contributed by atoms with Gasteiger partial charge in [-0.25, -0.2) is 12.8 Å². The van der Waals surface area contributed by atoms with Gasteiger partial charge in [0.15, 0.2) is 0 Å². The van der Waals surface area contributed by atoms with Gasteiger partial charge in [0, 0.05) is 19.2 Å². The minimum absolute atomic E-state index is 0.0668. The second kappa shape index (κ2) is 8.84. The van der Waals surface area contributed by atoms with E-state index in [9.17, 15) is 12.8 Å². The van der Waals surface area contributed by atoms with E-state index in [0.29, 0.717) is 17.9 Å². The van der Waals surface area contributed by atoms with E-state index in [-0.39, 0.29) is 21.7 Å². The average molecular weight is 453 g/mol. The fraction of sp³-hybridized carbons (Fsp3) is 0.125. The molecule has 32 heavy (non-hydrogen) atoms. The molecule has 8 heteroatoms. The molecule has 0 atom stereocenters. The average Bonchev–Trinajstić information content (AvgIpc) is 3.27. The predicted molar refractivity (Wildman–Crippen MR) is 119 cm³/mol. The normalized spacial score (nSPS) is 11.3. The number of ether oxygens (including phenoxy) is 1. The zero-order valence-corrected chi connectivity index (χ0v) is 18.3. The minimum Gasteiger partial charge on any atom is -0.497 e. The highest BCUT2D eigenvalue weighted by molar-refractivity contribution is 7.91. The van der Waals surface area contributed by atoms with E-state index >= 15 is 0 Å². The van der Waals surface area contributed by atoms with Gasteiger partial charge in [0.05, 0.1) is 12.0 Å². The summed E-state index contributed by atoms with van der Waals surface area (Å²) in [4.78, 5) is 5.96. The first-order chi connectivity index (χ1) is 15.4. The molecule has 1 aromatic heterocycles. The largest absolute Gasteiger partial charge is 0.497 e.